The van der Waals surface area contributed by atoms with Gasteiger partial charge in [-0.25, -0.2) is 4.79 Å². The normalized spacial score (nSPS) is 19.2. The lowest BCUT2D eigenvalue weighted by molar-refractivity contribution is -0.131. The lowest BCUT2D eigenvalue weighted by atomic mass is 9.93. The standard InChI is InChI=1S/C20H19BrF2N2O3/c1-20(10-9-13-5-7-16(8-6-13)28-18(22)23)17(26)25(19(27)24-20)12-14-3-2-4-15(21)11-14/h2-8,11,18H,9-10,12H2,1H3,(H,24,27). The molecule has 8 heteroatoms. The molecule has 1 aliphatic heterocycles. The molecule has 3 amide bonds. The Morgan fingerprint density at radius 2 is 1.86 bits per heavy atom. The van der Waals surface area contributed by atoms with Crippen LogP contribution in [0.25, 0.3) is 0 Å². The minimum Gasteiger partial charge on any atom is -0.435 e. The zero-order valence-electron chi connectivity index (χ0n) is 15.1. The molecule has 1 atom stereocenters. The van der Waals surface area contributed by atoms with Crippen molar-refractivity contribution >= 4 is 27.9 Å². The number of nitrogens with one attached hydrogen (secondary N) is 1. The van der Waals surface area contributed by atoms with Crippen LogP contribution < -0.4 is 10.1 Å². The fraction of sp³-hybridized carbons (Fsp3) is 0.300. The number of amides is 3. The molecule has 1 unspecified atom stereocenters. The van der Waals surface area contributed by atoms with Crippen molar-refractivity contribution in [3.63, 3.8) is 0 Å². The summed E-state index contributed by atoms with van der Waals surface area (Å²) in [5.74, 6) is -0.203. The lowest BCUT2D eigenvalue weighted by Gasteiger charge is -2.22. The van der Waals surface area contributed by atoms with Crippen molar-refractivity contribution in [3.8, 4) is 5.75 Å². The second-order valence-electron chi connectivity index (χ2n) is 6.81. The highest BCUT2D eigenvalue weighted by molar-refractivity contribution is 9.10. The Labute approximate surface area is 169 Å². The summed E-state index contributed by atoms with van der Waals surface area (Å²) < 4.78 is 29.6. The predicted molar refractivity (Wildman–Crippen MR) is 103 cm³/mol. The van der Waals surface area contributed by atoms with E-state index in [-0.39, 0.29) is 18.2 Å². The Kier molecular flexibility index (Phi) is 5.98. The largest absolute Gasteiger partial charge is 0.435 e. The van der Waals surface area contributed by atoms with E-state index in [0.29, 0.717) is 12.8 Å². The number of nitrogens with zero attached hydrogens (tertiary/aromatic N) is 1. The molecule has 1 fully saturated rings. The van der Waals surface area contributed by atoms with Gasteiger partial charge in [-0.3, -0.25) is 9.69 Å². The van der Waals surface area contributed by atoms with E-state index in [1.54, 1.807) is 19.1 Å². The molecular weight excluding hydrogens is 434 g/mol. The van der Waals surface area contributed by atoms with Crippen molar-refractivity contribution in [2.24, 2.45) is 0 Å². The van der Waals surface area contributed by atoms with Crippen LogP contribution in [-0.2, 0) is 17.8 Å². The first kappa shape index (κ1) is 20.3. The van der Waals surface area contributed by atoms with Gasteiger partial charge in [0.25, 0.3) is 5.91 Å². The van der Waals surface area contributed by atoms with Crippen LogP contribution in [-0.4, -0.2) is 29.0 Å². The lowest BCUT2D eigenvalue weighted by Crippen LogP contribution is -2.44. The molecule has 1 saturated heterocycles. The van der Waals surface area contributed by atoms with Gasteiger partial charge in [0.1, 0.15) is 11.3 Å². The van der Waals surface area contributed by atoms with Crippen LogP contribution in [0.1, 0.15) is 24.5 Å². The van der Waals surface area contributed by atoms with Crippen LogP contribution in [0.3, 0.4) is 0 Å². The number of carbonyl (C=O) groups excluding carboxylic acids is 2. The van der Waals surface area contributed by atoms with Gasteiger partial charge in [0.05, 0.1) is 6.54 Å². The number of hydrogen-bond acceptors (Lipinski definition) is 3. The molecule has 3 rings (SSSR count). The minimum atomic E-state index is -2.87. The second kappa shape index (κ2) is 8.26. The third-order valence-electron chi connectivity index (χ3n) is 4.64. The molecule has 1 aliphatic rings. The van der Waals surface area contributed by atoms with Crippen molar-refractivity contribution in [2.75, 3.05) is 0 Å². The van der Waals surface area contributed by atoms with Gasteiger partial charge in [-0.1, -0.05) is 40.2 Å². The molecule has 0 saturated carbocycles. The highest BCUT2D eigenvalue weighted by atomic mass is 79.9. The van der Waals surface area contributed by atoms with E-state index in [1.165, 1.54) is 17.0 Å². The Balaban J connectivity index is 1.64. The van der Waals surface area contributed by atoms with E-state index in [9.17, 15) is 18.4 Å². The summed E-state index contributed by atoms with van der Waals surface area (Å²) in [4.78, 5) is 26.4. The molecule has 1 N–H and O–H groups in total. The summed E-state index contributed by atoms with van der Waals surface area (Å²) in [5, 5.41) is 2.77. The average molecular weight is 453 g/mol. The fourth-order valence-electron chi connectivity index (χ4n) is 3.11. The number of hydrogen-bond donors (Lipinski definition) is 1. The van der Waals surface area contributed by atoms with Gasteiger partial charge in [-0.05, 0) is 55.2 Å². The fourth-order valence-corrected chi connectivity index (χ4v) is 3.56. The Morgan fingerprint density at radius 3 is 2.50 bits per heavy atom. The second-order valence-corrected chi connectivity index (χ2v) is 7.72. The Bertz CT molecular complexity index is 876. The molecule has 1 heterocycles. The zero-order chi connectivity index (χ0) is 20.3. The molecule has 148 valence electrons. The summed E-state index contributed by atoms with van der Waals surface area (Å²) in [6.45, 7) is -0.978. The first-order valence-corrected chi connectivity index (χ1v) is 9.48. The molecule has 0 bridgehead atoms. The summed E-state index contributed by atoms with van der Waals surface area (Å²) in [7, 11) is 0. The van der Waals surface area contributed by atoms with Gasteiger partial charge >= 0.3 is 12.6 Å². The monoisotopic (exact) mass is 452 g/mol. The maximum Gasteiger partial charge on any atom is 0.387 e. The van der Waals surface area contributed by atoms with Gasteiger partial charge in [-0.2, -0.15) is 8.78 Å². The summed E-state index contributed by atoms with van der Waals surface area (Å²) in [5.41, 5.74) is 0.688. The predicted octanol–water partition coefficient (Wildman–Crippen LogP) is 4.49. The number of rotatable bonds is 7. The third kappa shape index (κ3) is 4.67. The van der Waals surface area contributed by atoms with Crippen molar-refractivity contribution in [1.82, 2.24) is 10.2 Å². The van der Waals surface area contributed by atoms with E-state index in [2.05, 4.69) is 26.0 Å². The molecule has 28 heavy (non-hydrogen) atoms. The quantitative estimate of drug-likeness (QED) is 0.629. The van der Waals surface area contributed by atoms with Crippen molar-refractivity contribution in [3.05, 3.63) is 64.1 Å². The van der Waals surface area contributed by atoms with Crippen LogP contribution >= 0.6 is 15.9 Å². The van der Waals surface area contributed by atoms with E-state index in [0.717, 1.165) is 15.6 Å². The van der Waals surface area contributed by atoms with Crippen molar-refractivity contribution in [1.29, 1.82) is 0 Å². The van der Waals surface area contributed by atoms with Gasteiger partial charge in [-0.15, -0.1) is 0 Å². The zero-order valence-corrected chi connectivity index (χ0v) is 16.7. The molecule has 5 nitrogen and oxygen atoms in total. The first-order valence-electron chi connectivity index (χ1n) is 8.69. The van der Waals surface area contributed by atoms with Crippen molar-refractivity contribution in [2.45, 2.75) is 38.5 Å². The molecule has 2 aromatic rings. The van der Waals surface area contributed by atoms with Crippen LogP contribution in [0.4, 0.5) is 13.6 Å². The molecule has 0 spiro atoms. The number of alkyl halides is 2. The summed E-state index contributed by atoms with van der Waals surface area (Å²) >= 11 is 3.38. The summed E-state index contributed by atoms with van der Waals surface area (Å²) in [6.07, 6.45) is 0.893. The topological polar surface area (TPSA) is 58.6 Å². The number of aryl methyl sites for hydroxylation is 1. The van der Waals surface area contributed by atoms with Crippen LogP contribution in [0.5, 0.6) is 5.75 Å². The van der Waals surface area contributed by atoms with Crippen LogP contribution in [0, 0.1) is 0 Å². The van der Waals surface area contributed by atoms with Gasteiger partial charge < -0.3 is 10.1 Å². The maximum atomic E-state index is 12.9. The molecule has 0 aromatic heterocycles. The highest BCUT2D eigenvalue weighted by Gasteiger charge is 2.47. The Morgan fingerprint density at radius 1 is 1.14 bits per heavy atom. The third-order valence-corrected chi connectivity index (χ3v) is 5.13. The van der Waals surface area contributed by atoms with Crippen molar-refractivity contribution < 1.29 is 23.1 Å². The maximum absolute atomic E-state index is 12.9. The van der Waals surface area contributed by atoms with E-state index >= 15 is 0 Å². The minimum absolute atomic E-state index is 0.0791. The SMILES string of the molecule is CC1(CCc2ccc(OC(F)F)cc2)NC(=O)N(Cc2cccc(Br)c2)C1=O. The van der Waals surface area contributed by atoms with E-state index in [4.69, 9.17) is 0 Å². The van der Waals surface area contributed by atoms with Crippen LogP contribution in [0.2, 0.25) is 0 Å². The molecule has 2 aromatic carbocycles. The smallest absolute Gasteiger partial charge is 0.387 e. The number of benzene rings is 2. The highest BCUT2D eigenvalue weighted by Crippen LogP contribution is 2.26. The number of urea groups is 1. The molecule has 0 aliphatic carbocycles. The number of carbonyl (C=O) groups is 2. The van der Waals surface area contributed by atoms with E-state index < -0.39 is 18.2 Å². The van der Waals surface area contributed by atoms with Gasteiger partial charge in [0.15, 0.2) is 0 Å². The number of ether oxygens (including phenoxy) is 1. The van der Waals surface area contributed by atoms with Gasteiger partial charge in [0.2, 0.25) is 0 Å². The average Bonchev–Trinajstić information content (AvgIpc) is 2.84. The summed E-state index contributed by atoms with van der Waals surface area (Å²) in [6, 6.07) is 13.3. The first-order chi connectivity index (χ1) is 13.3. The molecule has 0 radical (unpaired) electrons. The van der Waals surface area contributed by atoms with Crippen LogP contribution in [0.15, 0.2) is 53.0 Å². The Hall–Kier alpha value is -2.48. The van der Waals surface area contributed by atoms with Gasteiger partial charge in [0, 0.05) is 4.47 Å². The van der Waals surface area contributed by atoms with E-state index in [1.807, 2.05) is 24.3 Å². The molecular formula is C20H19BrF2N2O3. The number of imide groups is 1. The number of halogens is 3.